The van der Waals surface area contributed by atoms with Crippen LogP contribution < -0.4 is 10.6 Å². The zero-order valence-electron chi connectivity index (χ0n) is 18.5. The van der Waals surface area contributed by atoms with Gasteiger partial charge in [0.25, 0.3) is 0 Å². The molecular formula is C25H28N4O2S. The fraction of sp³-hybridized carbons (Fsp3) is 0.360. The molecule has 0 aliphatic heterocycles. The number of thiazole rings is 1. The Bertz CT molecular complexity index is 1110. The standard InChI is InChI=1S/C25H28N4O2S/c1-3-12-25(17-26,13-4-2)29-23(31)16-27-22(30)15-24-28-20-11-10-19(14-21(20)32-24)18-8-6-5-7-9-18/h5-11,14H,3-4,12-13,15-16H2,1-2H3,(H,27,30)(H,29,31). The van der Waals surface area contributed by atoms with Gasteiger partial charge in [0.2, 0.25) is 11.8 Å². The molecule has 1 heterocycles. The fourth-order valence-electron chi connectivity index (χ4n) is 3.79. The van der Waals surface area contributed by atoms with Gasteiger partial charge in [-0.1, -0.05) is 63.1 Å². The van der Waals surface area contributed by atoms with Gasteiger partial charge in [-0.25, -0.2) is 4.98 Å². The normalized spacial score (nSPS) is 11.2. The molecule has 7 heteroatoms. The lowest BCUT2D eigenvalue weighted by molar-refractivity contribution is -0.126. The van der Waals surface area contributed by atoms with E-state index in [9.17, 15) is 14.9 Å². The lowest BCUT2D eigenvalue weighted by atomic mass is 9.90. The number of hydrogen-bond acceptors (Lipinski definition) is 5. The van der Waals surface area contributed by atoms with Crippen molar-refractivity contribution in [2.45, 2.75) is 51.5 Å². The number of nitriles is 1. The van der Waals surface area contributed by atoms with Crippen LogP contribution in [-0.2, 0) is 16.0 Å². The van der Waals surface area contributed by atoms with Gasteiger partial charge < -0.3 is 10.6 Å². The van der Waals surface area contributed by atoms with Crippen molar-refractivity contribution >= 4 is 33.4 Å². The van der Waals surface area contributed by atoms with Gasteiger partial charge in [0.15, 0.2) is 0 Å². The SMILES string of the molecule is CCCC(C#N)(CCC)NC(=O)CNC(=O)Cc1nc2ccc(-c3ccccc3)cc2s1. The Balaban J connectivity index is 1.59. The third-order valence-electron chi connectivity index (χ3n) is 5.24. The summed E-state index contributed by atoms with van der Waals surface area (Å²) in [5.41, 5.74) is 2.23. The average molecular weight is 449 g/mol. The van der Waals surface area contributed by atoms with Crippen LogP contribution in [-0.4, -0.2) is 28.9 Å². The number of nitrogens with zero attached hydrogens (tertiary/aromatic N) is 2. The summed E-state index contributed by atoms with van der Waals surface area (Å²) in [5, 5.41) is 15.7. The number of carbonyl (C=O) groups excluding carboxylic acids is 2. The lowest BCUT2D eigenvalue weighted by Crippen LogP contribution is -2.50. The highest BCUT2D eigenvalue weighted by Gasteiger charge is 2.30. The molecule has 2 N–H and O–H groups in total. The summed E-state index contributed by atoms with van der Waals surface area (Å²) in [6.45, 7) is 3.81. The van der Waals surface area contributed by atoms with E-state index < -0.39 is 5.54 Å². The largest absolute Gasteiger partial charge is 0.347 e. The first-order valence-corrected chi connectivity index (χ1v) is 11.7. The predicted molar refractivity (Wildman–Crippen MR) is 128 cm³/mol. The Kier molecular flexibility index (Phi) is 7.96. The van der Waals surface area contributed by atoms with Gasteiger partial charge in [0.1, 0.15) is 10.5 Å². The fourth-order valence-corrected chi connectivity index (χ4v) is 4.80. The van der Waals surface area contributed by atoms with E-state index in [1.54, 1.807) is 0 Å². The molecule has 0 bridgehead atoms. The summed E-state index contributed by atoms with van der Waals surface area (Å²) in [6, 6.07) is 18.4. The molecule has 6 nitrogen and oxygen atoms in total. The van der Waals surface area contributed by atoms with Gasteiger partial charge >= 0.3 is 0 Å². The molecule has 0 atom stereocenters. The zero-order chi connectivity index (χ0) is 23.0. The lowest BCUT2D eigenvalue weighted by Gasteiger charge is -2.27. The number of rotatable bonds is 10. The van der Waals surface area contributed by atoms with Crippen molar-refractivity contribution in [2.24, 2.45) is 0 Å². The highest BCUT2D eigenvalue weighted by molar-refractivity contribution is 7.18. The third-order valence-corrected chi connectivity index (χ3v) is 6.26. The van der Waals surface area contributed by atoms with Crippen molar-refractivity contribution in [2.75, 3.05) is 6.54 Å². The van der Waals surface area contributed by atoms with E-state index in [0.29, 0.717) is 17.8 Å². The summed E-state index contributed by atoms with van der Waals surface area (Å²) < 4.78 is 1.02. The van der Waals surface area contributed by atoms with Crippen LogP contribution in [0.2, 0.25) is 0 Å². The summed E-state index contributed by atoms with van der Waals surface area (Å²) in [7, 11) is 0. The van der Waals surface area contributed by atoms with Crippen LogP contribution in [0.25, 0.3) is 21.3 Å². The highest BCUT2D eigenvalue weighted by atomic mass is 32.1. The molecule has 0 aliphatic carbocycles. The molecule has 1 aromatic heterocycles. The smallest absolute Gasteiger partial charge is 0.240 e. The minimum absolute atomic E-state index is 0.112. The van der Waals surface area contributed by atoms with Crippen molar-refractivity contribution in [1.29, 1.82) is 5.26 Å². The summed E-state index contributed by atoms with van der Waals surface area (Å²) in [6.07, 6.45) is 2.88. The average Bonchev–Trinajstić information content (AvgIpc) is 3.20. The first-order chi connectivity index (χ1) is 15.5. The molecule has 0 spiro atoms. The second-order valence-electron chi connectivity index (χ2n) is 7.85. The molecular weight excluding hydrogens is 420 g/mol. The van der Waals surface area contributed by atoms with Gasteiger partial charge in [0.05, 0.1) is 29.3 Å². The first-order valence-electron chi connectivity index (χ1n) is 10.9. The van der Waals surface area contributed by atoms with Crippen molar-refractivity contribution in [1.82, 2.24) is 15.6 Å². The van der Waals surface area contributed by atoms with Crippen LogP contribution in [0, 0.1) is 11.3 Å². The summed E-state index contributed by atoms with van der Waals surface area (Å²) >= 11 is 1.48. The number of amides is 2. The number of fused-ring (bicyclic) bond motifs is 1. The molecule has 0 unspecified atom stereocenters. The van der Waals surface area contributed by atoms with E-state index in [0.717, 1.165) is 34.2 Å². The number of hydrogen-bond donors (Lipinski definition) is 2. The van der Waals surface area contributed by atoms with Crippen molar-refractivity contribution in [3.8, 4) is 17.2 Å². The van der Waals surface area contributed by atoms with Crippen molar-refractivity contribution in [3.05, 3.63) is 53.5 Å². The van der Waals surface area contributed by atoms with E-state index in [4.69, 9.17) is 0 Å². The minimum atomic E-state index is -0.866. The van der Waals surface area contributed by atoms with Gasteiger partial charge in [0, 0.05) is 0 Å². The topological polar surface area (TPSA) is 94.9 Å². The maximum absolute atomic E-state index is 12.4. The second kappa shape index (κ2) is 10.9. The van der Waals surface area contributed by atoms with E-state index in [1.165, 1.54) is 11.3 Å². The molecule has 3 rings (SSSR count). The van der Waals surface area contributed by atoms with Gasteiger partial charge in [-0.2, -0.15) is 5.26 Å². The number of carbonyl (C=O) groups is 2. The molecule has 3 aromatic rings. The molecule has 0 radical (unpaired) electrons. The van der Waals surface area contributed by atoms with Crippen LogP contribution in [0.15, 0.2) is 48.5 Å². The Morgan fingerprint density at radius 1 is 1.03 bits per heavy atom. The highest BCUT2D eigenvalue weighted by Crippen LogP contribution is 2.28. The van der Waals surface area contributed by atoms with E-state index in [-0.39, 0.29) is 24.8 Å². The molecule has 2 amide bonds. The third kappa shape index (κ3) is 5.92. The van der Waals surface area contributed by atoms with Crippen molar-refractivity contribution < 1.29 is 9.59 Å². The molecule has 2 aromatic carbocycles. The van der Waals surface area contributed by atoms with Crippen LogP contribution in [0.4, 0.5) is 0 Å². The van der Waals surface area contributed by atoms with E-state index in [2.05, 4.69) is 39.9 Å². The zero-order valence-corrected chi connectivity index (χ0v) is 19.3. The van der Waals surface area contributed by atoms with Crippen LogP contribution in [0.1, 0.15) is 44.5 Å². The van der Waals surface area contributed by atoms with Gasteiger partial charge in [-0.3, -0.25) is 9.59 Å². The van der Waals surface area contributed by atoms with Gasteiger partial charge in [-0.15, -0.1) is 11.3 Å². The quantitative estimate of drug-likeness (QED) is 0.474. The number of benzene rings is 2. The monoisotopic (exact) mass is 448 g/mol. The van der Waals surface area contributed by atoms with Crippen molar-refractivity contribution in [3.63, 3.8) is 0 Å². The Labute approximate surface area is 192 Å². The van der Waals surface area contributed by atoms with Crippen LogP contribution in [0.3, 0.4) is 0 Å². The maximum Gasteiger partial charge on any atom is 0.240 e. The Morgan fingerprint density at radius 2 is 1.75 bits per heavy atom. The maximum atomic E-state index is 12.4. The number of nitrogens with one attached hydrogen (secondary N) is 2. The molecule has 32 heavy (non-hydrogen) atoms. The molecule has 166 valence electrons. The van der Waals surface area contributed by atoms with Crippen LogP contribution in [0.5, 0.6) is 0 Å². The molecule has 0 saturated carbocycles. The summed E-state index contributed by atoms with van der Waals surface area (Å²) in [4.78, 5) is 29.3. The first kappa shape index (κ1) is 23.4. The molecule has 0 fully saturated rings. The second-order valence-corrected chi connectivity index (χ2v) is 8.97. The van der Waals surface area contributed by atoms with E-state index in [1.807, 2.05) is 44.2 Å². The van der Waals surface area contributed by atoms with Crippen LogP contribution >= 0.6 is 11.3 Å². The Hall–Kier alpha value is -3.24. The van der Waals surface area contributed by atoms with E-state index >= 15 is 0 Å². The van der Waals surface area contributed by atoms with Gasteiger partial charge in [-0.05, 0) is 36.1 Å². The number of aromatic nitrogens is 1. The Morgan fingerprint density at radius 3 is 2.41 bits per heavy atom. The molecule has 0 aliphatic rings. The minimum Gasteiger partial charge on any atom is -0.347 e. The predicted octanol–water partition coefficient (Wildman–Crippen LogP) is 4.60. The summed E-state index contributed by atoms with van der Waals surface area (Å²) in [5.74, 6) is -0.616. The molecule has 0 saturated heterocycles.